The predicted octanol–water partition coefficient (Wildman–Crippen LogP) is 3.06. The summed E-state index contributed by atoms with van der Waals surface area (Å²) in [5.74, 6) is 0. The molecule has 0 amide bonds. The second-order valence-corrected chi connectivity index (χ2v) is 0.781. The Morgan fingerprint density at radius 3 is 0.923 bits per heavy atom. The van der Waals surface area contributed by atoms with Crippen molar-refractivity contribution in [1.82, 2.24) is 0 Å². The lowest BCUT2D eigenvalue weighted by molar-refractivity contribution is 0.162. The molecule has 2 nitrogen and oxygen atoms in total. The smallest absolute Gasteiger partial charge is 0.0437 e. The number of hydrogen-bond donors (Lipinski definition) is 1. The second-order valence-electron chi connectivity index (χ2n) is 0.781. The first-order valence-electron chi connectivity index (χ1n) is 3.94. The maximum Gasteiger partial charge on any atom is 0.0437 e. The van der Waals surface area contributed by atoms with Gasteiger partial charge in [-0.3, -0.25) is 0 Å². The molecule has 0 aromatic heterocycles. The van der Waals surface area contributed by atoms with E-state index in [0.717, 1.165) is 20.3 Å². The average Bonchev–Trinajstić information content (AvgIpc) is 2.30. The number of aliphatic hydroxyl groups excluding tert-OH is 1. The van der Waals surface area contributed by atoms with Crippen LogP contribution in [-0.2, 0) is 4.74 Å². The fraction of sp³-hybridized carbons (Fsp3) is 0.455. The highest BCUT2D eigenvalue weighted by Gasteiger charge is 1.64. The van der Waals surface area contributed by atoms with E-state index in [1.165, 1.54) is 0 Å². The number of hydrogen-bond acceptors (Lipinski definition) is 2. The van der Waals surface area contributed by atoms with Crippen molar-refractivity contribution in [3.63, 3.8) is 0 Å². The van der Waals surface area contributed by atoms with E-state index < -0.39 is 0 Å². The van der Waals surface area contributed by atoms with Gasteiger partial charge in [0.05, 0.1) is 0 Å². The van der Waals surface area contributed by atoms with Crippen LogP contribution in [0.25, 0.3) is 0 Å². The van der Waals surface area contributed by atoms with Crippen LogP contribution in [0.4, 0.5) is 0 Å². The Kier molecular flexibility index (Phi) is 569. The Hall–Kier alpha value is -0.860. The van der Waals surface area contributed by atoms with E-state index in [9.17, 15) is 0 Å². The van der Waals surface area contributed by atoms with Crippen LogP contribution in [0.3, 0.4) is 0 Å². The summed E-state index contributed by atoms with van der Waals surface area (Å²) in [6.07, 6.45) is 0. The maximum absolute atomic E-state index is 7.00. The van der Waals surface area contributed by atoms with Crippen LogP contribution >= 0.6 is 0 Å². The lowest BCUT2D eigenvalue weighted by Crippen LogP contribution is -1.84. The molecule has 0 aliphatic carbocycles. The van der Waals surface area contributed by atoms with Gasteiger partial charge >= 0.3 is 0 Å². The van der Waals surface area contributed by atoms with E-state index in [-0.39, 0.29) is 0 Å². The number of ether oxygens (including phenoxy) is 1. The molecule has 0 unspecified atom stereocenters. The van der Waals surface area contributed by atoms with Crippen molar-refractivity contribution in [2.45, 2.75) is 13.8 Å². The summed E-state index contributed by atoms with van der Waals surface area (Å²) >= 11 is 0. The van der Waals surface area contributed by atoms with Crippen molar-refractivity contribution < 1.29 is 9.84 Å². The van der Waals surface area contributed by atoms with E-state index in [1.807, 2.05) is 13.8 Å². The zero-order chi connectivity index (χ0) is 12.1. The summed E-state index contributed by atoms with van der Waals surface area (Å²) in [5, 5.41) is 7.00. The van der Waals surface area contributed by atoms with Crippen molar-refractivity contribution >= 4 is 0 Å². The molecule has 0 aromatic rings. The van der Waals surface area contributed by atoms with Gasteiger partial charge in [-0.1, -0.05) is 0 Å². The Bertz CT molecular complexity index is 32.3. The topological polar surface area (TPSA) is 29.5 Å². The molecule has 13 heavy (non-hydrogen) atoms. The molecule has 0 radical (unpaired) electrons. The molecule has 0 spiro atoms. The molecule has 0 saturated heterocycles. The minimum absolute atomic E-state index is 0.844. The van der Waals surface area contributed by atoms with E-state index in [1.54, 1.807) is 0 Å². The molecule has 82 valence electrons. The van der Waals surface area contributed by atoms with Gasteiger partial charge in [-0.2, -0.15) is 0 Å². The monoisotopic (exact) mass is 190 g/mol. The second kappa shape index (κ2) is 250. The summed E-state index contributed by atoms with van der Waals surface area (Å²) in [5.41, 5.74) is 0. The summed E-state index contributed by atoms with van der Waals surface area (Å²) in [6.45, 7) is 23.7. The van der Waals surface area contributed by atoms with E-state index in [0.29, 0.717) is 0 Å². The fourth-order valence-corrected chi connectivity index (χ4v) is 0.204. The zero-order valence-corrected chi connectivity index (χ0v) is 9.51. The van der Waals surface area contributed by atoms with Gasteiger partial charge in [0, 0.05) is 20.3 Å². The zero-order valence-electron chi connectivity index (χ0n) is 9.51. The third-order valence-electron chi connectivity index (χ3n) is 0.408. The highest BCUT2D eigenvalue weighted by molar-refractivity contribution is 4.22. The lowest BCUT2D eigenvalue weighted by atomic mass is 10.8. The largest absolute Gasteiger partial charge is 0.400 e. The summed E-state index contributed by atoms with van der Waals surface area (Å²) in [7, 11) is 1.00. The number of aliphatic hydroxyl groups is 1. The maximum atomic E-state index is 7.00. The first-order valence-corrected chi connectivity index (χ1v) is 3.94. The molecule has 0 heterocycles. The average molecular weight is 190 g/mol. The highest BCUT2D eigenvalue weighted by Crippen LogP contribution is 1.64. The Balaban J connectivity index is -0.0000000230. The van der Waals surface area contributed by atoms with Crippen LogP contribution in [-0.4, -0.2) is 25.4 Å². The quantitative estimate of drug-likeness (QED) is 0.678. The van der Waals surface area contributed by atoms with Gasteiger partial charge in [-0.25, -0.2) is 0 Å². The molecule has 0 aromatic carbocycles. The predicted molar refractivity (Wildman–Crippen MR) is 64.1 cm³/mol. The van der Waals surface area contributed by atoms with Crippen molar-refractivity contribution in [2.75, 3.05) is 20.3 Å². The molecule has 0 aliphatic rings. The van der Waals surface area contributed by atoms with Crippen LogP contribution in [0, 0.1) is 0 Å². The van der Waals surface area contributed by atoms with Crippen molar-refractivity contribution in [2.24, 2.45) is 0 Å². The van der Waals surface area contributed by atoms with E-state index >= 15 is 0 Å². The molecule has 1 N–H and O–H groups in total. The van der Waals surface area contributed by atoms with Gasteiger partial charge in [0.1, 0.15) is 0 Å². The van der Waals surface area contributed by atoms with Crippen LogP contribution < -0.4 is 0 Å². The van der Waals surface area contributed by atoms with Crippen LogP contribution in [0.5, 0.6) is 0 Å². The van der Waals surface area contributed by atoms with Gasteiger partial charge in [0.25, 0.3) is 0 Å². The van der Waals surface area contributed by atoms with Gasteiger partial charge in [0.2, 0.25) is 0 Å². The molecule has 0 fully saturated rings. The molecule has 0 rings (SSSR count). The van der Waals surface area contributed by atoms with Crippen LogP contribution in [0.2, 0.25) is 0 Å². The van der Waals surface area contributed by atoms with Gasteiger partial charge in [-0.05, 0) is 13.8 Å². The third kappa shape index (κ3) is 716. The summed E-state index contributed by atoms with van der Waals surface area (Å²) < 4.78 is 4.83. The molecule has 0 aliphatic heterocycles. The van der Waals surface area contributed by atoms with Crippen LogP contribution in [0.15, 0.2) is 39.5 Å². The SMILES string of the molecule is C=C.C=C.C=C.CCOCC.CO. The molecule has 2 heteroatoms. The van der Waals surface area contributed by atoms with Crippen LogP contribution in [0.1, 0.15) is 13.8 Å². The standard InChI is InChI=1S/C4H10O.3C2H4.CH4O/c1-3-5-4-2;4*1-2/h3-4H2,1-2H3;3*1-2H2;2H,1H3. The molecule has 0 saturated carbocycles. The number of rotatable bonds is 2. The Labute approximate surface area is 84.3 Å². The normalized spacial score (nSPS) is 4.62. The van der Waals surface area contributed by atoms with E-state index in [2.05, 4.69) is 39.5 Å². The van der Waals surface area contributed by atoms with Crippen molar-refractivity contribution in [3.05, 3.63) is 39.5 Å². The molecule has 0 bridgehead atoms. The Morgan fingerprint density at radius 1 is 0.769 bits per heavy atom. The third-order valence-corrected chi connectivity index (χ3v) is 0.408. The first-order chi connectivity index (χ1) is 6.41. The first kappa shape index (κ1) is 29.6. The minimum Gasteiger partial charge on any atom is -0.400 e. The highest BCUT2D eigenvalue weighted by atomic mass is 16.5. The molecular formula is C11H26O2. The molecular weight excluding hydrogens is 164 g/mol. The van der Waals surface area contributed by atoms with Crippen molar-refractivity contribution in [3.8, 4) is 0 Å². The molecule has 0 atom stereocenters. The van der Waals surface area contributed by atoms with Crippen molar-refractivity contribution in [1.29, 1.82) is 0 Å². The van der Waals surface area contributed by atoms with Gasteiger partial charge < -0.3 is 9.84 Å². The fourth-order valence-electron chi connectivity index (χ4n) is 0.204. The van der Waals surface area contributed by atoms with E-state index in [4.69, 9.17) is 9.84 Å². The summed E-state index contributed by atoms with van der Waals surface area (Å²) in [4.78, 5) is 0. The van der Waals surface area contributed by atoms with Gasteiger partial charge in [-0.15, -0.1) is 39.5 Å². The summed E-state index contributed by atoms with van der Waals surface area (Å²) in [6, 6.07) is 0. The lowest BCUT2D eigenvalue weighted by Gasteiger charge is -1.86. The minimum atomic E-state index is 0.844. The Morgan fingerprint density at radius 2 is 0.923 bits per heavy atom. The van der Waals surface area contributed by atoms with Gasteiger partial charge in [0.15, 0.2) is 0 Å².